The molecule has 4 aliphatic heterocycles. The number of aromatic nitrogens is 2. The van der Waals surface area contributed by atoms with Crippen molar-refractivity contribution in [1.82, 2.24) is 45.9 Å². The number of hydrogen-bond donors (Lipinski definition) is 8. The number of nitrogens with one attached hydrogen (secondary N) is 5. The Morgan fingerprint density at radius 2 is 1.33 bits per heavy atom. The number of rotatable bonds is 6. The predicted octanol–water partition coefficient (Wildman–Crippen LogP) is -4.03. The maximum atomic E-state index is 14.1. The number of nitrogens with zero attached hydrogens (tertiary/aromatic N) is 4. The van der Waals surface area contributed by atoms with Crippen molar-refractivity contribution in [3.05, 3.63) is 18.2 Å². The van der Waals surface area contributed by atoms with E-state index in [-0.39, 0.29) is 56.8 Å². The molecular weight excluding hydrogens is 785 g/mol. The van der Waals surface area contributed by atoms with E-state index in [4.69, 9.17) is 17.2 Å². The quantitative estimate of drug-likeness (QED) is 0.127. The second kappa shape index (κ2) is 20.0. The van der Waals surface area contributed by atoms with Gasteiger partial charge in [-0.1, -0.05) is 21.6 Å². The SMILES string of the molecule is NC(=O)CC[C@@H]1NC(=O)[C@@H]2CCCN2C(=O)[C@H](Cc2cnc[nH]2)NC(=O)[C@@H](N)CSSC[C@@H](C(N)=O)NC(=O)[C@@H]2CCCN2C(=O)[C@@H]2CCCN2C(=O)CNC1=O. The van der Waals surface area contributed by atoms with Crippen molar-refractivity contribution >= 4 is 74.8 Å². The molecule has 312 valence electrons. The molecule has 0 radical (unpaired) electrons. The van der Waals surface area contributed by atoms with Gasteiger partial charge in [0.2, 0.25) is 53.2 Å². The molecule has 1 aromatic heterocycles. The predicted molar refractivity (Wildman–Crippen MR) is 206 cm³/mol. The van der Waals surface area contributed by atoms with Gasteiger partial charge in [0.1, 0.15) is 36.3 Å². The molecule has 7 atom stereocenters. The van der Waals surface area contributed by atoms with Crippen LogP contribution in [0.5, 0.6) is 0 Å². The molecule has 0 bridgehead atoms. The minimum atomic E-state index is -1.31. The van der Waals surface area contributed by atoms with Gasteiger partial charge in [0.05, 0.1) is 18.9 Å². The number of imidazole rings is 1. The molecule has 9 amide bonds. The van der Waals surface area contributed by atoms with E-state index < -0.39 is 102 Å². The molecule has 4 saturated heterocycles. The van der Waals surface area contributed by atoms with Gasteiger partial charge in [0.15, 0.2) is 0 Å². The zero-order valence-electron chi connectivity index (χ0n) is 31.3. The number of carbonyl (C=O) groups is 9. The maximum Gasteiger partial charge on any atom is 0.246 e. The molecule has 4 fully saturated rings. The Hall–Kier alpha value is -4.90. The minimum Gasteiger partial charge on any atom is -0.370 e. The van der Waals surface area contributed by atoms with Crippen molar-refractivity contribution in [3.63, 3.8) is 0 Å². The molecule has 0 aliphatic carbocycles. The molecule has 4 aliphatic rings. The Kier molecular flexibility index (Phi) is 15.2. The van der Waals surface area contributed by atoms with Crippen LogP contribution in [0, 0.1) is 0 Å². The lowest BCUT2D eigenvalue weighted by Gasteiger charge is -2.32. The number of nitrogens with two attached hydrogens (primary N) is 3. The van der Waals surface area contributed by atoms with Crippen LogP contribution in [0.1, 0.15) is 57.1 Å². The first-order chi connectivity index (χ1) is 27.2. The van der Waals surface area contributed by atoms with E-state index in [9.17, 15) is 43.2 Å². The van der Waals surface area contributed by atoms with Gasteiger partial charge in [-0.2, -0.15) is 0 Å². The minimum absolute atomic E-state index is 0.0103. The fourth-order valence-electron chi connectivity index (χ4n) is 7.40. The van der Waals surface area contributed by atoms with Gasteiger partial charge in [0, 0.05) is 55.9 Å². The van der Waals surface area contributed by atoms with E-state index in [0.29, 0.717) is 37.8 Å². The fraction of sp³-hybridized carbons (Fsp3) is 0.647. The summed E-state index contributed by atoms with van der Waals surface area (Å²) in [6.07, 6.45) is 4.77. The number of H-pyrrole nitrogens is 1. The summed E-state index contributed by atoms with van der Waals surface area (Å²) in [7, 11) is 2.30. The van der Waals surface area contributed by atoms with Gasteiger partial charge >= 0.3 is 0 Å². The summed E-state index contributed by atoms with van der Waals surface area (Å²) in [5.41, 5.74) is 17.7. The van der Waals surface area contributed by atoms with Gasteiger partial charge in [-0.25, -0.2) is 4.98 Å². The standard InChI is InChI=1S/C34H50N12O9S2/c35-19-15-56-57-16-22(28(37)49)43-32(53)24-5-2-11-46(24)34(55)25-6-3-9-44(25)27(48)14-39-30(51)20(7-8-26(36)47)41-31(52)23-4-1-10-45(23)33(54)21(42-29(19)50)12-18-13-38-17-40-18/h13,17,19-25H,1-12,14-16,35H2,(H2,36,47)(H2,37,49)(H,38,40)(H,39,51)(H,41,52)(H,42,50)(H,43,53)/t19-,20-,21-,22-,23-,24-,25-/m0/s1. The van der Waals surface area contributed by atoms with Crippen molar-refractivity contribution < 1.29 is 43.2 Å². The monoisotopic (exact) mass is 834 g/mol. The maximum absolute atomic E-state index is 14.1. The highest BCUT2D eigenvalue weighted by atomic mass is 33.1. The molecule has 23 heteroatoms. The average Bonchev–Trinajstić information content (AvgIpc) is 4.02. The van der Waals surface area contributed by atoms with Gasteiger partial charge in [-0.05, 0) is 44.9 Å². The molecule has 1 aromatic rings. The first-order valence-corrected chi connectivity index (χ1v) is 21.4. The van der Waals surface area contributed by atoms with Crippen molar-refractivity contribution in [2.45, 2.75) is 100 Å². The topological polar surface area (TPSA) is 318 Å². The summed E-state index contributed by atoms with van der Waals surface area (Å²) in [6, 6.07) is -7.54. The molecule has 11 N–H and O–H groups in total. The summed E-state index contributed by atoms with van der Waals surface area (Å²) < 4.78 is 0. The number of amides is 9. The summed E-state index contributed by atoms with van der Waals surface area (Å²) in [5.74, 6) is -5.74. The van der Waals surface area contributed by atoms with Crippen molar-refractivity contribution in [3.8, 4) is 0 Å². The molecule has 0 aromatic carbocycles. The Balaban J connectivity index is 1.39. The van der Waals surface area contributed by atoms with Crippen LogP contribution >= 0.6 is 21.6 Å². The molecule has 5 rings (SSSR count). The molecule has 21 nitrogen and oxygen atoms in total. The van der Waals surface area contributed by atoms with Crippen molar-refractivity contribution in [2.75, 3.05) is 37.7 Å². The largest absolute Gasteiger partial charge is 0.370 e. The van der Waals surface area contributed by atoms with Gasteiger partial charge in [0.25, 0.3) is 0 Å². The highest BCUT2D eigenvalue weighted by Gasteiger charge is 2.43. The van der Waals surface area contributed by atoms with E-state index in [1.165, 1.54) is 27.2 Å². The van der Waals surface area contributed by atoms with Crippen molar-refractivity contribution in [1.29, 1.82) is 0 Å². The molecule has 0 unspecified atom stereocenters. The molecule has 57 heavy (non-hydrogen) atoms. The van der Waals surface area contributed by atoms with Crippen LogP contribution in [0.15, 0.2) is 12.5 Å². The third-order valence-electron chi connectivity index (χ3n) is 10.4. The van der Waals surface area contributed by atoms with E-state index >= 15 is 0 Å². The number of fused-ring (bicyclic) bond motifs is 3. The Morgan fingerprint density at radius 1 is 0.737 bits per heavy atom. The Bertz CT molecular complexity index is 1700. The van der Waals surface area contributed by atoms with Crippen molar-refractivity contribution in [2.24, 2.45) is 17.2 Å². The third kappa shape index (κ3) is 11.2. The van der Waals surface area contributed by atoms with Crippen LogP contribution in [-0.4, -0.2) is 158 Å². The summed E-state index contributed by atoms with van der Waals surface area (Å²) in [5, 5.41) is 10.5. The molecular formula is C34H50N12O9S2. The number of carbonyl (C=O) groups excluding carboxylic acids is 9. The molecule has 0 spiro atoms. The average molecular weight is 835 g/mol. The number of hydrogen-bond acceptors (Lipinski definition) is 13. The highest BCUT2D eigenvalue weighted by molar-refractivity contribution is 8.76. The van der Waals surface area contributed by atoms with Crippen LogP contribution in [0.25, 0.3) is 0 Å². The Labute approximate surface area is 336 Å². The number of primary amides is 2. The second-order valence-electron chi connectivity index (χ2n) is 14.4. The van der Waals surface area contributed by atoms with Crippen LogP contribution in [-0.2, 0) is 49.6 Å². The fourth-order valence-corrected chi connectivity index (χ4v) is 9.70. The smallest absolute Gasteiger partial charge is 0.246 e. The Morgan fingerprint density at radius 3 is 1.96 bits per heavy atom. The summed E-state index contributed by atoms with van der Waals surface area (Å²) in [6.45, 7) is 0.124. The van der Waals surface area contributed by atoms with E-state index in [1.807, 2.05) is 0 Å². The lowest BCUT2D eigenvalue weighted by atomic mass is 10.1. The van der Waals surface area contributed by atoms with E-state index in [2.05, 4.69) is 31.2 Å². The van der Waals surface area contributed by atoms with Gasteiger partial charge < -0.3 is 58.2 Å². The van der Waals surface area contributed by atoms with E-state index in [0.717, 1.165) is 21.6 Å². The van der Waals surface area contributed by atoms with Crippen LogP contribution in [0.2, 0.25) is 0 Å². The first-order valence-electron chi connectivity index (χ1n) is 18.9. The van der Waals surface area contributed by atoms with Crippen LogP contribution in [0.4, 0.5) is 0 Å². The second-order valence-corrected chi connectivity index (χ2v) is 16.9. The zero-order chi connectivity index (χ0) is 41.2. The van der Waals surface area contributed by atoms with Crippen LogP contribution < -0.4 is 38.5 Å². The zero-order valence-corrected chi connectivity index (χ0v) is 32.9. The van der Waals surface area contributed by atoms with E-state index in [1.54, 1.807) is 0 Å². The first kappa shape index (κ1) is 43.2. The summed E-state index contributed by atoms with van der Waals surface area (Å²) in [4.78, 5) is 131. The van der Waals surface area contributed by atoms with Crippen LogP contribution in [0.3, 0.4) is 0 Å². The highest BCUT2D eigenvalue weighted by Crippen LogP contribution is 2.27. The lowest BCUT2D eigenvalue weighted by Crippen LogP contribution is -2.58. The third-order valence-corrected chi connectivity index (χ3v) is 12.9. The van der Waals surface area contributed by atoms with Gasteiger partial charge in [-0.15, -0.1) is 0 Å². The lowest BCUT2D eigenvalue weighted by molar-refractivity contribution is -0.146. The molecule has 5 heterocycles. The van der Waals surface area contributed by atoms with Gasteiger partial charge in [-0.3, -0.25) is 43.2 Å². The summed E-state index contributed by atoms with van der Waals surface area (Å²) >= 11 is 0. The molecule has 0 saturated carbocycles. The number of aromatic amines is 1. The normalized spacial score (nSPS) is 29.2.